The predicted molar refractivity (Wildman–Crippen MR) is 88.5 cm³/mol. The van der Waals surface area contributed by atoms with Gasteiger partial charge in [0.15, 0.2) is 0 Å². The van der Waals surface area contributed by atoms with Gasteiger partial charge in [0.2, 0.25) is 5.91 Å². The summed E-state index contributed by atoms with van der Waals surface area (Å²) in [5.74, 6) is 0.221. The zero-order valence-electron chi connectivity index (χ0n) is 13.3. The summed E-state index contributed by atoms with van der Waals surface area (Å²) in [5, 5.41) is 2.17. The molecule has 0 saturated carbocycles. The van der Waals surface area contributed by atoms with Gasteiger partial charge in [0, 0.05) is 49.6 Å². The van der Waals surface area contributed by atoms with Gasteiger partial charge in [0.05, 0.1) is 0 Å². The van der Waals surface area contributed by atoms with Crippen molar-refractivity contribution in [1.82, 2.24) is 9.80 Å². The van der Waals surface area contributed by atoms with E-state index < -0.39 is 0 Å². The first-order chi connectivity index (χ1) is 10.1. The van der Waals surface area contributed by atoms with Gasteiger partial charge in [-0.1, -0.05) is 0 Å². The van der Waals surface area contributed by atoms with Crippen LogP contribution in [0, 0.1) is 0 Å². The molecule has 2 rings (SSSR count). The monoisotopic (exact) mass is 309 g/mol. The van der Waals surface area contributed by atoms with Crippen molar-refractivity contribution in [3.8, 4) is 0 Å². The highest BCUT2D eigenvalue weighted by Gasteiger charge is 2.31. The van der Waals surface area contributed by atoms with Gasteiger partial charge in [0.25, 0.3) is 0 Å². The Morgan fingerprint density at radius 1 is 1.52 bits per heavy atom. The summed E-state index contributed by atoms with van der Waals surface area (Å²) in [6, 6.07) is 2.72. The fourth-order valence-corrected chi connectivity index (χ4v) is 4.23. The number of carbonyl (C=O) groups is 1. The molecule has 0 aromatic carbocycles. The van der Waals surface area contributed by atoms with E-state index in [-0.39, 0.29) is 11.9 Å². The van der Waals surface area contributed by atoms with Gasteiger partial charge in [0.1, 0.15) is 0 Å². The van der Waals surface area contributed by atoms with Crippen LogP contribution in [0.1, 0.15) is 43.7 Å². The molecule has 0 fully saturated rings. The molecular weight excluding hydrogens is 282 g/mol. The highest BCUT2D eigenvalue weighted by molar-refractivity contribution is 7.10. The van der Waals surface area contributed by atoms with E-state index in [2.05, 4.69) is 23.3 Å². The van der Waals surface area contributed by atoms with Crippen molar-refractivity contribution < 1.29 is 4.79 Å². The minimum atomic E-state index is 0.140. The molecule has 0 bridgehead atoms. The van der Waals surface area contributed by atoms with Gasteiger partial charge < -0.3 is 10.6 Å². The molecule has 1 aromatic heterocycles. The van der Waals surface area contributed by atoms with Crippen LogP contribution in [0.25, 0.3) is 0 Å². The number of amides is 1. The van der Waals surface area contributed by atoms with Crippen LogP contribution in [0.4, 0.5) is 0 Å². The molecule has 1 amide bonds. The first-order valence-electron chi connectivity index (χ1n) is 7.92. The molecule has 118 valence electrons. The fraction of sp³-hybridized carbons (Fsp3) is 0.688. The number of nitrogens with zero attached hydrogens (tertiary/aromatic N) is 2. The number of rotatable bonds is 6. The van der Waals surface area contributed by atoms with Crippen LogP contribution >= 0.6 is 11.3 Å². The lowest BCUT2D eigenvalue weighted by Gasteiger charge is -2.39. The maximum absolute atomic E-state index is 12.4. The van der Waals surface area contributed by atoms with Gasteiger partial charge in [-0.25, -0.2) is 0 Å². The molecule has 21 heavy (non-hydrogen) atoms. The third-order valence-corrected chi connectivity index (χ3v) is 5.59. The number of nitrogens with two attached hydrogens (primary N) is 1. The van der Waals surface area contributed by atoms with Gasteiger partial charge >= 0.3 is 0 Å². The molecule has 4 nitrogen and oxygen atoms in total. The van der Waals surface area contributed by atoms with Crippen LogP contribution in [0.3, 0.4) is 0 Å². The second kappa shape index (κ2) is 7.38. The van der Waals surface area contributed by atoms with Crippen molar-refractivity contribution in [3.63, 3.8) is 0 Å². The van der Waals surface area contributed by atoms with Crippen molar-refractivity contribution in [2.24, 2.45) is 5.73 Å². The van der Waals surface area contributed by atoms with Crippen molar-refractivity contribution in [2.45, 2.75) is 45.7 Å². The lowest BCUT2D eigenvalue weighted by Crippen LogP contribution is -2.48. The largest absolute Gasteiger partial charge is 0.343 e. The second-order valence-corrected chi connectivity index (χ2v) is 6.62. The zero-order chi connectivity index (χ0) is 15.4. The molecule has 2 atom stereocenters. The van der Waals surface area contributed by atoms with Gasteiger partial charge in [-0.05, 0) is 44.2 Å². The van der Waals surface area contributed by atoms with E-state index in [4.69, 9.17) is 5.73 Å². The van der Waals surface area contributed by atoms with Gasteiger partial charge in [-0.15, -0.1) is 11.3 Å². The smallest absolute Gasteiger partial charge is 0.224 e. The maximum Gasteiger partial charge on any atom is 0.224 e. The van der Waals surface area contributed by atoms with Gasteiger partial charge in [-0.3, -0.25) is 9.69 Å². The molecule has 5 heteroatoms. The summed E-state index contributed by atoms with van der Waals surface area (Å²) in [6.07, 6.45) is 1.61. The van der Waals surface area contributed by atoms with E-state index in [1.807, 2.05) is 30.1 Å². The molecule has 1 aliphatic rings. The molecular formula is C16H27N3OS. The van der Waals surface area contributed by atoms with E-state index >= 15 is 0 Å². The lowest BCUT2D eigenvalue weighted by atomic mass is 9.98. The molecule has 0 spiro atoms. The van der Waals surface area contributed by atoms with Crippen molar-refractivity contribution >= 4 is 17.2 Å². The van der Waals surface area contributed by atoms with Crippen LogP contribution in [0.5, 0.6) is 0 Å². The summed E-state index contributed by atoms with van der Waals surface area (Å²) in [5.41, 5.74) is 7.40. The Hall–Kier alpha value is -0.910. The first-order valence-corrected chi connectivity index (χ1v) is 8.80. The second-order valence-electron chi connectivity index (χ2n) is 5.62. The minimum Gasteiger partial charge on any atom is -0.343 e. The number of hydrogen-bond donors (Lipinski definition) is 1. The number of carbonyl (C=O) groups excluding carboxylic acids is 1. The fourth-order valence-electron chi connectivity index (χ4n) is 3.27. The topological polar surface area (TPSA) is 49.6 Å². The Kier molecular flexibility index (Phi) is 5.79. The normalized spacial score (nSPS) is 20.1. The van der Waals surface area contributed by atoms with Crippen LogP contribution < -0.4 is 5.73 Å². The molecule has 0 saturated heterocycles. The summed E-state index contributed by atoms with van der Waals surface area (Å²) in [6.45, 7) is 9.38. The van der Waals surface area contributed by atoms with Crippen LogP contribution in [-0.2, 0) is 11.2 Å². The number of hydrogen-bond acceptors (Lipinski definition) is 4. The third kappa shape index (κ3) is 3.47. The summed E-state index contributed by atoms with van der Waals surface area (Å²) in [4.78, 5) is 18.2. The zero-order valence-corrected chi connectivity index (χ0v) is 14.2. The molecule has 1 aromatic rings. The quantitative estimate of drug-likeness (QED) is 0.877. The van der Waals surface area contributed by atoms with E-state index in [0.29, 0.717) is 19.0 Å². The number of fused-ring (bicyclic) bond motifs is 1. The highest BCUT2D eigenvalue weighted by atomic mass is 32.1. The number of thiophene rings is 1. The summed E-state index contributed by atoms with van der Waals surface area (Å²) < 4.78 is 0. The third-order valence-electron chi connectivity index (χ3n) is 4.59. The Bertz CT molecular complexity index is 470. The molecule has 2 N–H and O–H groups in total. The lowest BCUT2D eigenvalue weighted by molar-refractivity contribution is -0.132. The summed E-state index contributed by atoms with van der Waals surface area (Å²) in [7, 11) is 0. The van der Waals surface area contributed by atoms with Gasteiger partial charge in [-0.2, -0.15) is 0 Å². The Morgan fingerprint density at radius 3 is 2.86 bits per heavy atom. The SMILES string of the molecule is CCN(CC)C(=O)CC(CN)N1CCc2sccc2C1C. The Balaban J connectivity index is 2.06. The first kappa shape index (κ1) is 16.5. The molecule has 0 radical (unpaired) electrons. The molecule has 1 aliphatic heterocycles. The summed E-state index contributed by atoms with van der Waals surface area (Å²) >= 11 is 1.84. The van der Waals surface area contributed by atoms with E-state index in [9.17, 15) is 4.79 Å². The Morgan fingerprint density at radius 2 is 2.24 bits per heavy atom. The van der Waals surface area contributed by atoms with Crippen LogP contribution in [0.15, 0.2) is 11.4 Å². The van der Waals surface area contributed by atoms with E-state index in [1.165, 1.54) is 10.4 Å². The minimum absolute atomic E-state index is 0.140. The van der Waals surface area contributed by atoms with Crippen molar-refractivity contribution in [1.29, 1.82) is 0 Å². The standard InChI is InChI=1S/C16H27N3OS/c1-4-18(5-2)16(20)10-13(11-17)19-8-6-15-14(12(19)3)7-9-21-15/h7,9,12-13H,4-6,8,10-11,17H2,1-3H3. The van der Waals surface area contributed by atoms with E-state index in [0.717, 1.165) is 26.1 Å². The van der Waals surface area contributed by atoms with Crippen LogP contribution in [0.2, 0.25) is 0 Å². The molecule has 0 aliphatic carbocycles. The molecule has 2 unspecified atom stereocenters. The predicted octanol–water partition coefficient (Wildman–Crippen LogP) is 2.25. The van der Waals surface area contributed by atoms with Crippen LogP contribution in [-0.4, -0.2) is 47.9 Å². The molecule has 2 heterocycles. The van der Waals surface area contributed by atoms with Crippen molar-refractivity contribution in [3.05, 3.63) is 21.9 Å². The highest BCUT2D eigenvalue weighted by Crippen LogP contribution is 2.34. The Labute approximate surface area is 131 Å². The maximum atomic E-state index is 12.4. The average molecular weight is 309 g/mol. The average Bonchev–Trinajstić information content (AvgIpc) is 2.96. The van der Waals surface area contributed by atoms with Crippen molar-refractivity contribution in [2.75, 3.05) is 26.2 Å². The van der Waals surface area contributed by atoms with E-state index in [1.54, 1.807) is 0 Å².